The van der Waals surface area contributed by atoms with E-state index in [4.69, 9.17) is 0 Å². The van der Waals surface area contributed by atoms with Crippen LogP contribution in [0, 0.1) is 0 Å². The Balaban J connectivity index is 2.16. The van der Waals surface area contributed by atoms with E-state index in [9.17, 15) is 9.59 Å². The summed E-state index contributed by atoms with van der Waals surface area (Å²) >= 11 is 0. The lowest BCUT2D eigenvalue weighted by molar-refractivity contribution is 0.550. The number of hydrogen-bond acceptors (Lipinski definition) is 3. The van der Waals surface area contributed by atoms with Crippen molar-refractivity contribution < 1.29 is 0 Å². The fourth-order valence-electron chi connectivity index (χ4n) is 2.92. The Kier molecular flexibility index (Phi) is 5.56. The molecule has 140 valence electrons. The van der Waals surface area contributed by atoms with Gasteiger partial charge in [0.25, 0.3) is 5.56 Å². The average molecular weight is 380 g/mol. The number of aromatic nitrogens is 3. The second kappa shape index (κ2) is 7.88. The van der Waals surface area contributed by atoms with Gasteiger partial charge in [0.05, 0.1) is 13.1 Å². The summed E-state index contributed by atoms with van der Waals surface area (Å²) in [7, 11) is -2.02. The number of nitrogens with zero attached hydrogens (tertiary/aromatic N) is 3. The first-order valence-electron chi connectivity index (χ1n) is 9.22. The first-order chi connectivity index (χ1) is 12.9. The van der Waals surface area contributed by atoms with Gasteiger partial charge in [-0.2, -0.15) is 5.10 Å². The standard InChI is InChI=1S/C21H25N3O2Si/c1-4-27(2,3)19-20(25)23(15-17-11-7-5-8-12-17)21(26)24(22-19)16-18-13-9-6-10-14-18/h5-14H,4,15-16H2,1-3H3. The van der Waals surface area contributed by atoms with E-state index in [2.05, 4.69) is 25.1 Å². The minimum Gasteiger partial charge on any atom is -0.268 e. The van der Waals surface area contributed by atoms with Crippen LogP contribution in [0.25, 0.3) is 0 Å². The van der Waals surface area contributed by atoms with Crippen molar-refractivity contribution in [3.8, 4) is 0 Å². The van der Waals surface area contributed by atoms with Gasteiger partial charge in [0.15, 0.2) is 0 Å². The molecule has 0 radical (unpaired) electrons. The monoisotopic (exact) mass is 379 g/mol. The molecule has 3 rings (SSSR count). The molecule has 0 atom stereocenters. The quantitative estimate of drug-likeness (QED) is 0.618. The lowest BCUT2D eigenvalue weighted by atomic mass is 10.2. The molecular weight excluding hydrogens is 354 g/mol. The van der Waals surface area contributed by atoms with Crippen LogP contribution in [0.4, 0.5) is 0 Å². The summed E-state index contributed by atoms with van der Waals surface area (Å²) < 4.78 is 2.78. The van der Waals surface area contributed by atoms with Gasteiger partial charge in [0.1, 0.15) is 13.4 Å². The van der Waals surface area contributed by atoms with E-state index in [1.807, 2.05) is 60.7 Å². The average Bonchev–Trinajstić information content (AvgIpc) is 2.68. The molecule has 6 heteroatoms. The summed E-state index contributed by atoms with van der Waals surface area (Å²) in [6.45, 7) is 6.95. The van der Waals surface area contributed by atoms with Gasteiger partial charge in [-0.15, -0.1) is 0 Å². The third-order valence-electron chi connectivity index (χ3n) is 5.00. The van der Waals surface area contributed by atoms with Crippen LogP contribution in [0.2, 0.25) is 19.1 Å². The summed E-state index contributed by atoms with van der Waals surface area (Å²) in [6.07, 6.45) is 0. The fraction of sp³-hybridized carbons (Fsp3) is 0.286. The minimum atomic E-state index is -2.02. The third kappa shape index (κ3) is 4.16. The predicted molar refractivity (Wildman–Crippen MR) is 111 cm³/mol. The van der Waals surface area contributed by atoms with Crippen LogP contribution < -0.4 is 16.6 Å². The molecule has 0 fully saturated rings. The van der Waals surface area contributed by atoms with E-state index in [0.29, 0.717) is 11.9 Å². The fourth-order valence-corrected chi connectivity index (χ4v) is 4.36. The van der Waals surface area contributed by atoms with E-state index in [1.54, 1.807) is 0 Å². The zero-order valence-electron chi connectivity index (χ0n) is 16.1. The van der Waals surface area contributed by atoms with E-state index >= 15 is 0 Å². The van der Waals surface area contributed by atoms with E-state index in [1.165, 1.54) is 9.25 Å². The zero-order chi connectivity index (χ0) is 19.4. The highest BCUT2D eigenvalue weighted by Crippen LogP contribution is 2.06. The zero-order valence-corrected chi connectivity index (χ0v) is 17.1. The molecule has 0 aliphatic rings. The SMILES string of the molecule is CC[Si](C)(C)c1nn(Cc2ccccc2)c(=O)n(Cc2ccccc2)c1=O. The van der Waals surface area contributed by atoms with Crippen LogP contribution in [0.3, 0.4) is 0 Å². The molecule has 0 aliphatic heterocycles. The molecule has 5 nitrogen and oxygen atoms in total. The van der Waals surface area contributed by atoms with Crippen LogP contribution in [0.5, 0.6) is 0 Å². The highest BCUT2D eigenvalue weighted by molar-refractivity contribution is 6.89. The molecule has 0 saturated carbocycles. The molecule has 3 aromatic rings. The Labute approximate surface area is 159 Å². The molecule has 0 aliphatic carbocycles. The van der Waals surface area contributed by atoms with Crippen molar-refractivity contribution >= 4 is 13.4 Å². The van der Waals surface area contributed by atoms with Crippen LogP contribution in [0.15, 0.2) is 70.3 Å². The summed E-state index contributed by atoms with van der Waals surface area (Å²) in [4.78, 5) is 26.2. The van der Waals surface area contributed by atoms with Crippen LogP contribution in [0.1, 0.15) is 18.1 Å². The van der Waals surface area contributed by atoms with Gasteiger partial charge in [0, 0.05) is 0 Å². The Hall–Kier alpha value is -2.73. The molecule has 0 unspecified atom stereocenters. The second-order valence-corrected chi connectivity index (χ2v) is 12.3. The van der Waals surface area contributed by atoms with Crippen molar-refractivity contribution in [2.45, 2.75) is 39.2 Å². The lowest BCUT2D eigenvalue weighted by Gasteiger charge is -2.21. The first-order valence-corrected chi connectivity index (χ1v) is 12.4. The third-order valence-corrected chi connectivity index (χ3v) is 8.37. The molecule has 0 saturated heterocycles. The molecule has 1 heterocycles. The topological polar surface area (TPSA) is 56.9 Å². The number of benzene rings is 2. The van der Waals surface area contributed by atoms with Crippen molar-refractivity contribution in [3.05, 3.63) is 92.6 Å². The van der Waals surface area contributed by atoms with E-state index < -0.39 is 8.07 Å². The maximum atomic E-state index is 13.1. The van der Waals surface area contributed by atoms with E-state index in [0.717, 1.165) is 17.2 Å². The molecule has 0 spiro atoms. The van der Waals surface area contributed by atoms with E-state index in [-0.39, 0.29) is 17.8 Å². The molecule has 1 aromatic heterocycles. The first kappa shape index (κ1) is 19.0. The van der Waals surface area contributed by atoms with Crippen molar-refractivity contribution in [3.63, 3.8) is 0 Å². The predicted octanol–water partition coefficient (Wildman–Crippen LogP) is 2.44. The molecular formula is C21H25N3O2Si. The van der Waals surface area contributed by atoms with Crippen molar-refractivity contribution in [2.24, 2.45) is 0 Å². The molecule has 0 N–H and O–H groups in total. The van der Waals surface area contributed by atoms with Gasteiger partial charge in [0.2, 0.25) is 0 Å². The Bertz CT molecular complexity index is 1020. The normalized spacial score (nSPS) is 11.5. The van der Waals surface area contributed by atoms with Crippen LogP contribution in [-0.2, 0) is 13.1 Å². The lowest BCUT2D eigenvalue weighted by Crippen LogP contribution is -2.60. The Morgan fingerprint density at radius 1 is 0.852 bits per heavy atom. The minimum absolute atomic E-state index is 0.244. The smallest absolute Gasteiger partial charge is 0.268 e. The van der Waals surface area contributed by atoms with Gasteiger partial charge < -0.3 is 0 Å². The van der Waals surface area contributed by atoms with Crippen LogP contribution >= 0.6 is 0 Å². The summed E-state index contributed by atoms with van der Waals surface area (Å²) in [5.74, 6) is 0. The highest BCUT2D eigenvalue weighted by atomic mass is 28.3. The van der Waals surface area contributed by atoms with Gasteiger partial charge in [-0.25, -0.2) is 9.48 Å². The molecule has 27 heavy (non-hydrogen) atoms. The molecule has 0 amide bonds. The largest absolute Gasteiger partial charge is 0.348 e. The van der Waals surface area contributed by atoms with Crippen molar-refractivity contribution in [1.29, 1.82) is 0 Å². The Morgan fingerprint density at radius 2 is 1.37 bits per heavy atom. The summed E-state index contributed by atoms with van der Waals surface area (Å²) in [6, 6.07) is 20.2. The number of hydrogen-bond donors (Lipinski definition) is 0. The Morgan fingerprint density at radius 3 is 1.89 bits per heavy atom. The highest BCUT2D eigenvalue weighted by Gasteiger charge is 2.29. The van der Waals surface area contributed by atoms with Gasteiger partial charge in [-0.3, -0.25) is 9.36 Å². The van der Waals surface area contributed by atoms with Gasteiger partial charge >= 0.3 is 5.69 Å². The molecule has 0 bridgehead atoms. The molecule has 2 aromatic carbocycles. The second-order valence-electron chi connectivity index (χ2n) is 7.39. The van der Waals surface area contributed by atoms with Crippen molar-refractivity contribution in [1.82, 2.24) is 14.3 Å². The van der Waals surface area contributed by atoms with Gasteiger partial charge in [-0.05, 0) is 11.1 Å². The number of rotatable bonds is 6. The maximum absolute atomic E-state index is 13.1. The summed E-state index contributed by atoms with van der Waals surface area (Å²) in [5.41, 5.74) is 1.30. The maximum Gasteiger partial charge on any atom is 0.348 e. The van der Waals surface area contributed by atoms with Crippen molar-refractivity contribution in [2.75, 3.05) is 0 Å². The summed E-state index contributed by atoms with van der Waals surface area (Å²) in [5, 5.41) is 5.11. The van der Waals surface area contributed by atoms with Gasteiger partial charge in [-0.1, -0.05) is 86.7 Å². The van der Waals surface area contributed by atoms with Crippen LogP contribution in [-0.4, -0.2) is 22.4 Å².